The summed E-state index contributed by atoms with van der Waals surface area (Å²) in [5.41, 5.74) is 3.50. The van der Waals surface area contributed by atoms with Crippen LogP contribution in [0.2, 0.25) is 5.02 Å². The van der Waals surface area contributed by atoms with Gasteiger partial charge in [-0.15, -0.1) is 0 Å². The lowest BCUT2D eigenvalue weighted by atomic mass is 10.2. The fourth-order valence-corrected chi connectivity index (χ4v) is 3.96. The number of anilines is 1. The van der Waals surface area contributed by atoms with E-state index >= 15 is 0 Å². The lowest BCUT2D eigenvalue weighted by Crippen LogP contribution is -2.49. The van der Waals surface area contributed by atoms with E-state index in [0.29, 0.717) is 18.8 Å². The summed E-state index contributed by atoms with van der Waals surface area (Å²) in [6.07, 6.45) is 0. The molecular weight excluding hydrogens is 350 g/mol. The second-order valence-corrected chi connectivity index (χ2v) is 7.02. The second-order valence-electron chi connectivity index (χ2n) is 6.61. The van der Waals surface area contributed by atoms with Gasteiger partial charge in [-0.05, 0) is 26.0 Å². The van der Waals surface area contributed by atoms with Crippen molar-refractivity contribution in [3.63, 3.8) is 0 Å². The van der Waals surface area contributed by atoms with Crippen molar-refractivity contribution >= 4 is 34.3 Å². The maximum Gasteiger partial charge on any atom is 0.270 e. The van der Waals surface area contributed by atoms with E-state index in [-0.39, 0.29) is 5.91 Å². The first-order valence-electron chi connectivity index (χ1n) is 8.97. The Labute approximate surface area is 157 Å². The highest BCUT2D eigenvalue weighted by Crippen LogP contribution is 2.27. The minimum atomic E-state index is 0.0645. The van der Waals surface area contributed by atoms with Gasteiger partial charge in [0.2, 0.25) is 0 Å². The molecule has 0 saturated carbocycles. The molecule has 1 aliphatic rings. The molecule has 5 nitrogen and oxygen atoms in total. The molecule has 3 heterocycles. The fraction of sp³-hybridized carbons (Fsp3) is 0.350. The number of benzene rings is 1. The Balaban J connectivity index is 1.52. The largest absolute Gasteiger partial charge is 0.460 e. The molecule has 26 heavy (non-hydrogen) atoms. The maximum absolute atomic E-state index is 13.1. The number of piperazine rings is 1. The topological polar surface area (TPSA) is 41.6 Å². The van der Waals surface area contributed by atoms with Crippen LogP contribution in [0.1, 0.15) is 23.2 Å². The van der Waals surface area contributed by atoms with Crippen LogP contribution in [0.25, 0.3) is 11.1 Å². The number of carbonyl (C=O) groups is 1. The normalized spacial score (nSPS) is 15.0. The highest BCUT2D eigenvalue weighted by atomic mass is 35.5. The third-order valence-corrected chi connectivity index (χ3v) is 5.33. The second kappa shape index (κ2) is 6.72. The molecule has 0 aliphatic carbocycles. The zero-order valence-electron chi connectivity index (χ0n) is 15.0. The van der Waals surface area contributed by atoms with Gasteiger partial charge in [-0.3, -0.25) is 4.79 Å². The molecule has 3 aromatic rings. The molecule has 1 aliphatic heterocycles. The minimum absolute atomic E-state index is 0.0645. The van der Waals surface area contributed by atoms with Crippen molar-refractivity contribution in [2.45, 2.75) is 20.4 Å². The van der Waals surface area contributed by atoms with Crippen LogP contribution < -0.4 is 4.90 Å². The number of hydrogen-bond donors (Lipinski definition) is 0. The molecule has 6 heteroatoms. The summed E-state index contributed by atoms with van der Waals surface area (Å²) in [5, 5.41) is 0.753. The summed E-state index contributed by atoms with van der Waals surface area (Å²) < 4.78 is 7.74. The first-order valence-corrected chi connectivity index (χ1v) is 9.34. The molecule has 0 atom stereocenters. The van der Waals surface area contributed by atoms with Gasteiger partial charge in [0.05, 0.1) is 16.2 Å². The maximum atomic E-state index is 13.1. The van der Waals surface area contributed by atoms with Crippen LogP contribution in [0.5, 0.6) is 0 Å². The molecular formula is C20H22ClN3O2. The average molecular weight is 372 g/mol. The van der Waals surface area contributed by atoms with Crippen LogP contribution in [-0.2, 0) is 6.54 Å². The van der Waals surface area contributed by atoms with E-state index in [2.05, 4.69) is 4.90 Å². The van der Waals surface area contributed by atoms with Gasteiger partial charge in [0.15, 0.2) is 5.58 Å². The molecule has 1 aromatic carbocycles. The zero-order valence-corrected chi connectivity index (χ0v) is 15.8. The van der Waals surface area contributed by atoms with Gasteiger partial charge in [0.25, 0.3) is 5.91 Å². The Morgan fingerprint density at radius 1 is 1.15 bits per heavy atom. The number of aromatic nitrogens is 1. The molecule has 0 N–H and O–H groups in total. The Hall–Kier alpha value is -2.40. The first-order chi connectivity index (χ1) is 12.6. The highest BCUT2D eigenvalue weighted by Gasteiger charge is 2.26. The van der Waals surface area contributed by atoms with Crippen molar-refractivity contribution in [1.29, 1.82) is 0 Å². The monoisotopic (exact) mass is 371 g/mol. The molecule has 1 saturated heterocycles. The number of furan rings is 1. The molecule has 0 spiro atoms. The number of amides is 1. The summed E-state index contributed by atoms with van der Waals surface area (Å²) in [4.78, 5) is 17.2. The lowest BCUT2D eigenvalue weighted by molar-refractivity contribution is 0.0736. The summed E-state index contributed by atoms with van der Waals surface area (Å²) >= 11 is 6.30. The van der Waals surface area contributed by atoms with Crippen LogP contribution in [-0.4, -0.2) is 41.6 Å². The number of halogens is 1. The van der Waals surface area contributed by atoms with Crippen molar-refractivity contribution in [3.05, 3.63) is 52.9 Å². The van der Waals surface area contributed by atoms with Crippen LogP contribution in [0, 0.1) is 6.92 Å². The Kier molecular flexibility index (Phi) is 4.41. The quantitative estimate of drug-likeness (QED) is 0.693. The number of aryl methyl sites for hydroxylation is 2. The number of fused-ring (bicyclic) bond motifs is 1. The molecule has 4 rings (SSSR count). The van der Waals surface area contributed by atoms with E-state index in [1.807, 2.05) is 59.7 Å². The van der Waals surface area contributed by atoms with Crippen molar-refractivity contribution < 1.29 is 9.21 Å². The third-order valence-electron chi connectivity index (χ3n) is 5.01. The predicted octanol–water partition coefficient (Wildman–Crippen LogP) is 4.18. The average Bonchev–Trinajstić information content (AvgIpc) is 3.17. The lowest BCUT2D eigenvalue weighted by Gasteiger charge is -2.36. The molecule has 1 amide bonds. The van der Waals surface area contributed by atoms with Gasteiger partial charge in [-0.2, -0.15) is 0 Å². The van der Waals surface area contributed by atoms with E-state index in [9.17, 15) is 4.79 Å². The van der Waals surface area contributed by atoms with Gasteiger partial charge >= 0.3 is 0 Å². The summed E-state index contributed by atoms with van der Waals surface area (Å²) in [6, 6.07) is 11.7. The van der Waals surface area contributed by atoms with Gasteiger partial charge < -0.3 is 18.8 Å². The van der Waals surface area contributed by atoms with Gasteiger partial charge in [-0.1, -0.05) is 23.7 Å². The standard InChI is InChI=1S/C20H22ClN3O2/c1-3-24-17-12-14(2)26-19(17)13-18(24)20(25)23-10-8-22(9-11-23)16-7-5-4-6-15(16)21/h4-7,12-13H,3,8-11H2,1-2H3. The minimum Gasteiger partial charge on any atom is -0.460 e. The molecule has 2 aromatic heterocycles. The van der Waals surface area contributed by atoms with Crippen LogP contribution >= 0.6 is 11.6 Å². The zero-order chi connectivity index (χ0) is 18.3. The van der Waals surface area contributed by atoms with E-state index in [0.717, 1.165) is 47.2 Å². The number of nitrogens with zero attached hydrogens (tertiary/aromatic N) is 3. The van der Waals surface area contributed by atoms with E-state index in [4.69, 9.17) is 16.0 Å². The number of carbonyl (C=O) groups excluding carboxylic acids is 1. The van der Waals surface area contributed by atoms with Crippen LogP contribution in [0.4, 0.5) is 5.69 Å². The third kappa shape index (κ3) is 2.86. The SMILES string of the molecule is CCn1c(C(=O)N2CCN(c3ccccc3Cl)CC2)cc2oc(C)cc21. The van der Waals surface area contributed by atoms with Gasteiger partial charge in [0.1, 0.15) is 11.5 Å². The summed E-state index contributed by atoms with van der Waals surface area (Å²) in [7, 11) is 0. The number of hydrogen-bond acceptors (Lipinski definition) is 3. The Morgan fingerprint density at radius 3 is 2.58 bits per heavy atom. The highest BCUT2D eigenvalue weighted by molar-refractivity contribution is 6.33. The van der Waals surface area contributed by atoms with E-state index in [1.54, 1.807) is 0 Å². The van der Waals surface area contributed by atoms with Crippen LogP contribution in [0.15, 0.2) is 40.8 Å². The predicted molar refractivity (Wildman–Crippen MR) is 104 cm³/mol. The molecule has 136 valence electrons. The molecule has 0 unspecified atom stereocenters. The van der Waals surface area contributed by atoms with Crippen LogP contribution in [0.3, 0.4) is 0 Å². The fourth-order valence-electron chi connectivity index (χ4n) is 3.70. The van der Waals surface area contributed by atoms with Gasteiger partial charge in [-0.25, -0.2) is 0 Å². The van der Waals surface area contributed by atoms with Crippen molar-refractivity contribution in [2.75, 3.05) is 31.1 Å². The number of rotatable bonds is 3. The van der Waals surface area contributed by atoms with Gasteiger partial charge in [0, 0.05) is 44.9 Å². The summed E-state index contributed by atoms with van der Waals surface area (Å²) in [6.45, 7) is 7.63. The Bertz CT molecular complexity index is 951. The van der Waals surface area contributed by atoms with E-state index < -0.39 is 0 Å². The Morgan fingerprint density at radius 2 is 1.88 bits per heavy atom. The van der Waals surface area contributed by atoms with Crippen molar-refractivity contribution in [2.24, 2.45) is 0 Å². The summed E-state index contributed by atoms with van der Waals surface area (Å²) in [5.74, 6) is 0.930. The molecule has 0 radical (unpaired) electrons. The smallest absolute Gasteiger partial charge is 0.270 e. The molecule has 1 fully saturated rings. The number of para-hydroxylation sites is 1. The first kappa shape index (κ1) is 17.0. The molecule has 0 bridgehead atoms. The van der Waals surface area contributed by atoms with Crippen molar-refractivity contribution in [3.8, 4) is 0 Å². The van der Waals surface area contributed by atoms with E-state index in [1.165, 1.54) is 0 Å². The van der Waals surface area contributed by atoms with Crippen molar-refractivity contribution in [1.82, 2.24) is 9.47 Å².